The maximum Gasteiger partial charge on any atom is 0.255 e. The van der Waals surface area contributed by atoms with Crippen molar-refractivity contribution in [1.82, 2.24) is 5.32 Å². The average molecular weight is 371 g/mol. The Morgan fingerprint density at radius 3 is 2.22 bits per heavy atom. The fourth-order valence-electron chi connectivity index (χ4n) is 2.75. The second-order valence-corrected chi connectivity index (χ2v) is 6.79. The van der Waals surface area contributed by atoms with Crippen LogP contribution in [0.1, 0.15) is 43.1 Å². The van der Waals surface area contributed by atoms with Crippen LogP contribution in [0, 0.1) is 0 Å². The molecule has 5 nitrogen and oxygen atoms in total. The van der Waals surface area contributed by atoms with Crippen molar-refractivity contribution in [2.24, 2.45) is 0 Å². The molecule has 1 unspecified atom stereocenters. The number of methoxy groups -OCH3 is 2. The van der Waals surface area contributed by atoms with Gasteiger partial charge in [0.1, 0.15) is 17.2 Å². The highest BCUT2D eigenvalue weighted by Crippen LogP contribution is 2.24. The van der Waals surface area contributed by atoms with Gasteiger partial charge in [-0.25, -0.2) is 0 Å². The van der Waals surface area contributed by atoms with Crippen LogP contribution in [0.3, 0.4) is 0 Å². The molecule has 0 radical (unpaired) electrons. The van der Waals surface area contributed by atoms with Gasteiger partial charge in [0, 0.05) is 12.1 Å². The zero-order chi connectivity index (χ0) is 19.8. The monoisotopic (exact) mass is 371 g/mol. The molecule has 1 amide bonds. The van der Waals surface area contributed by atoms with E-state index < -0.39 is 0 Å². The number of rotatable bonds is 9. The molecule has 2 rings (SSSR count). The van der Waals surface area contributed by atoms with Gasteiger partial charge in [0.25, 0.3) is 5.91 Å². The number of ether oxygens (including phenoxy) is 3. The summed E-state index contributed by atoms with van der Waals surface area (Å²) in [6.45, 7) is 6.02. The number of hydrogen-bond donors (Lipinski definition) is 1. The van der Waals surface area contributed by atoms with Crippen LogP contribution in [0.25, 0.3) is 0 Å². The Labute approximate surface area is 161 Å². The molecule has 0 fully saturated rings. The Balaban J connectivity index is 1.90. The minimum absolute atomic E-state index is 0.0379. The van der Waals surface area contributed by atoms with Crippen molar-refractivity contribution in [2.45, 2.75) is 45.8 Å². The van der Waals surface area contributed by atoms with Gasteiger partial charge in [-0.05, 0) is 63.4 Å². The van der Waals surface area contributed by atoms with E-state index in [1.54, 1.807) is 32.4 Å². The maximum absolute atomic E-state index is 12.5. The Bertz CT molecular complexity index is 740. The van der Waals surface area contributed by atoms with Gasteiger partial charge >= 0.3 is 0 Å². The maximum atomic E-state index is 12.5. The van der Waals surface area contributed by atoms with Crippen molar-refractivity contribution in [3.8, 4) is 17.2 Å². The molecular weight excluding hydrogens is 342 g/mol. The van der Waals surface area contributed by atoms with Crippen LogP contribution in [-0.2, 0) is 6.42 Å². The van der Waals surface area contributed by atoms with Gasteiger partial charge in [-0.3, -0.25) is 4.79 Å². The minimum Gasteiger partial charge on any atom is -0.497 e. The largest absolute Gasteiger partial charge is 0.497 e. The summed E-state index contributed by atoms with van der Waals surface area (Å²) >= 11 is 0. The molecule has 0 heterocycles. The molecule has 0 aliphatic rings. The molecule has 146 valence electrons. The number of carbonyl (C=O) groups excluding carboxylic acids is 1. The number of amides is 1. The van der Waals surface area contributed by atoms with Crippen molar-refractivity contribution in [3.05, 3.63) is 53.6 Å². The summed E-state index contributed by atoms with van der Waals surface area (Å²) in [6, 6.07) is 13.3. The van der Waals surface area contributed by atoms with E-state index in [0.29, 0.717) is 17.1 Å². The average Bonchev–Trinajstić information content (AvgIpc) is 2.66. The van der Waals surface area contributed by atoms with E-state index >= 15 is 0 Å². The van der Waals surface area contributed by atoms with Crippen molar-refractivity contribution in [2.75, 3.05) is 14.2 Å². The molecule has 0 bridgehead atoms. The lowest BCUT2D eigenvalue weighted by molar-refractivity contribution is 0.0935. The summed E-state index contributed by atoms with van der Waals surface area (Å²) < 4.78 is 16.1. The molecule has 1 atom stereocenters. The van der Waals surface area contributed by atoms with Crippen LogP contribution in [0.15, 0.2) is 42.5 Å². The van der Waals surface area contributed by atoms with E-state index in [4.69, 9.17) is 14.2 Å². The zero-order valence-electron chi connectivity index (χ0n) is 16.7. The van der Waals surface area contributed by atoms with Gasteiger partial charge in [-0.15, -0.1) is 0 Å². The highest BCUT2D eigenvalue weighted by atomic mass is 16.5. The third kappa shape index (κ3) is 6.20. The molecule has 0 spiro atoms. The number of nitrogens with one attached hydrogen (secondary N) is 1. The summed E-state index contributed by atoms with van der Waals surface area (Å²) in [7, 11) is 3.12. The first kappa shape index (κ1) is 20.6. The number of aryl methyl sites for hydroxylation is 1. The smallest absolute Gasteiger partial charge is 0.255 e. The summed E-state index contributed by atoms with van der Waals surface area (Å²) in [4.78, 5) is 12.5. The topological polar surface area (TPSA) is 56.8 Å². The molecule has 5 heteroatoms. The van der Waals surface area contributed by atoms with Gasteiger partial charge in [0.15, 0.2) is 0 Å². The van der Waals surface area contributed by atoms with Crippen LogP contribution in [0.2, 0.25) is 0 Å². The van der Waals surface area contributed by atoms with Crippen LogP contribution >= 0.6 is 0 Å². The minimum atomic E-state index is -0.150. The van der Waals surface area contributed by atoms with E-state index in [0.717, 1.165) is 18.6 Å². The summed E-state index contributed by atoms with van der Waals surface area (Å²) in [5.41, 5.74) is 1.72. The number of carbonyl (C=O) groups is 1. The summed E-state index contributed by atoms with van der Waals surface area (Å²) in [5, 5.41) is 3.03. The van der Waals surface area contributed by atoms with E-state index in [-0.39, 0.29) is 18.1 Å². The third-order valence-electron chi connectivity index (χ3n) is 4.19. The van der Waals surface area contributed by atoms with Crippen LogP contribution < -0.4 is 19.5 Å². The predicted octanol–water partition coefficient (Wildman–Crippen LogP) is 4.24. The molecule has 0 aromatic heterocycles. The van der Waals surface area contributed by atoms with Crippen molar-refractivity contribution < 1.29 is 19.0 Å². The normalized spacial score (nSPS) is 11.8. The van der Waals surface area contributed by atoms with Crippen molar-refractivity contribution in [1.29, 1.82) is 0 Å². The molecular formula is C22H29NO4. The fourth-order valence-corrected chi connectivity index (χ4v) is 2.75. The van der Waals surface area contributed by atoms with E-state index in [1.165, 1.54) is 5.56 Å². The summed E-state index contributed by atoms with van der Waals surface area (Å²) in [6.07, 6.45) is 1.89. The predicted molar refractivity (Wildman–Crippen MR) is 107 cm³/mol. The molecule has 0 saturated carbocycles. The van der Waals surface area contributed by atoms with Gasteiger partial charge in [0.2, 0.25) is 0 Å². The van der Waals surface area contributed by atoms with Gasteiger partial charge in [0.05, 0.1) is 25.9 Å². The van der Waals surface area contributed by atoms with E-state index in [1.807, 2.05) is 32.9 Å². The summed E-state index contributed by atoms with van der Waals surface area (Å²) in [5.74, 6) is 1.88. The second-order valence-electron chi connectivity index (χ2n) is 6.79. The lowest BCUT2D eigenvalue weighted by Crippen LogP contribution is -2.33. The molecule has 2 aromatic rings. The molecule has 1 N–H and O–H groups in total. The van der Waals surface area contributed by atoms with E-state index in [2.05, 4.69) is 17.4 Å². The first-order valence-electron chi connectivity index (χ1n) is 9.21. The van der Waals surface area contributed by atoms with Crippen LogP contribution in [-0.4, -0.2) is 32.3 Å². The molecule has 2 aromatic carbocycles. The zero-order valence-corrected chi connectivity index (χ0v) is 16.7. The second kappa shape index (κ2) is 9.86. The Morgan fingerprint density at radius 2 is 1.63 bits per heavy atom. The SMILES string of the molecule is COc1ccc(C(=O)NC(C)CCc2ccc(OC(C)C)cc2)c(OC)c1. The van der Waals surface area contributed by atoms with Gasteiger partial charge in [-0.1, -0.05) is 12.1 Å². The lowest BCUT2D eigenvalue weighted by atomic mass is 10.1. The standard InChI is InChI=1S/C22H29NO4/c1-15(2)27-18-10-8-17(9-11-18)7-6-16(3)23-22(24)20-13-12-19(25-4)14-21(20)26-5/h8-16H,6-7H2,1-5H3,(H,23,24). The quantitative estimate of drug-likeness (QED) is 0.716. The number of hydrogen-bond acceptors (Lipinski definition) is 4. The highest BCUT2D eigenvalue weighted by molar-refractivity contribution is 5.97. The Kier molecular flexibility index (Phi) is 7.53. The lowest BCUT2D eigenvalue weighted by Gasteiger charge is -2.16. The highest BCUT2D eigenvalue weighted by Gasteiger charge is 2.15. The van der Waals surface area contributed by atoms with Crippen LogP contribution in [0.4, 0.5) is 0 Å². The molecule has 0 saturated heterocycles. The Hall–Kier alpha value is -2.69. The first-order valence-corrected chi connectivity index (χ1v) is 9.21. The first-order chi connectivity index (χ1) is 12.9. The third-order valence-corrected chi connectivity index (χ3v) is 4.19. The molecule has 0 aliphatic heterocycles. The molecule has 0 aliphatic carbocycles. The number of benzene rings is 2. The van der Waals surface area contributed by atoms with Crippen molar-refractivity contribution >= 4 is 5.91 Å². The van der Waals surface area contributed by atoms with Gasteiger partial charge < -0.3 is 19.5 Å². The molecule has 27 heavy (non-hydrogen) atoms. The fraction of sp³-hybridized carbons (Fsp3) is 0.409. The van der Waals surface area contributed by atoms with Gasteiger partial charge in [-0.2, -0.15) is 0 Å². The Morgan fingerprint density at radius 1 is 0.963 bits per heavy atom. The van der Waals surface area contributed by atoms with E-state index in [9.17, 15) is 4.79 Å². The van der Waals surface area contributed by atoms with Crippen molar-refractivity contribution in [3.63, 3.8) is 0 Å². The van der Waals surface area contributed by atoms with Crippen LogP contribution in [0.5, 0.6) is 17.2 Å².